The van der Waals surface area contributed by atoms with Gasteiger partial charge in [0.15, 0.2) is 11.5 Å². The number of methoxy groups -OCH3 is 2. The van der Waals surface area contributed by atoms with Crippen molar-refractivity contribution >= 4 is 11.9 Å². The number of hydrogen-bond acceptors (Lipinski definition) is 6. The van der Waals surface area contributed by atoms with Crippen LogP contribution in [0.2, 0.25) is 0 Å². The lowest BCUT2D eigenvalue weighted by Crippen LogP contribution is -2.18. The lowest BCUT2D eigenvalue weighted by Gasteiger charge is -2.13. The maximum absolute atomic E-state index is 9.10. The van der Waals surface area contributed by atoms with Gasteiger partial charge in [-0.05, 0) is 23.3 Å². The molecule has 2 aromatic rings. The third kappa shape index (κ3) is 9.02. The zero-order valence-electron chi connectivity index (χ0n) is 15.9. The van der Waals surface area contributed by atoms with Crippen molar-refractivity contribution in [3.8, 4) is 11.5 Å². The molecule has 0 amide bonds. The van der Waals surface area contributed by atoms with Crippen LogP contribution in [0.4, 0.5) is 0 Å². The number of carboxylic acid groups (broad SMARTS) is 2. The van der Waals surface area contributed by atoms with Gasteiger partial charge in [0.05, 0.1) is 13.7 Å². The number of ether oxygens (including phenoxy) is 3. The topological polar surface area (TPSA) is 114 Å². The average Bonchev–Trinajstić information content (AvgIpc) is 2.71. The highest BCUT2D eigenvalue weighted by atomic mass is 16.5. The molecule has 2 rings (SSSR count). The lowest BCUT2D eigenvalue weighted by molar-refractivity contribution is -0.159. The Morgan fingerprint density at radius 3 is 2.18 bits per heavy atom. The third-order valence-corrected chi connectivity index (χ3v) is 3.46. The molecular formula is C20H25NO7. The Kier molecular flexibility index (Phi) is 10.8. The zero-order chi connectivity index (χ0) is 20.8. The van der Waals surface area contributed by atoms with Gasteiger partial charge in [-0.15, -0.1) is 0 Å². The molecule has 3 N–H and O–H groups in total. The SMILES string of the molecule is COCCNCc1ccc(OC)c(OCc2ccccc2)c1.O=C(O)C(=O)O. The van der Waals surface area contributed by atoms with Crippen LogP contribution in [0.5, 0.6) is 11.5 Å². The molecule has 0 unspecified atom stereocenters. The molecular weight excluding hydrogens is 366 g/mol. The fourth-order valence-electron chi connectivity index (χ4n) is 2.09. The van der Waals surface area contributed by atoms with Gasteiger partial charge >= 0.3 is 11.9 Å². The molecule has 0 radical (unpaired) electrons. The molecule has 0 bridgehead atoms. The first kappa shape index (κ1) is 22.9. The van der Waals surface area contributed by atoms with E-state index in [1.807, 2.05) is 48.5 Å². The number of benzene rings is 2. The normalized spacial score (nSPS) is 9.79. The van der Waals surface area contributed by atoms with Gasteiger partial charge in [0, 0.05) is 20.2 Å². The highest BCUT2D eigenvalue weighted by molar-refractivity contribution is 6.27. The van der Waals surface area contributed by atoms with Crippen LogP contribution in [-0.2, 0) is 27.5 Å². The predicted molar refractivity (Wildman–Crippen MR) is 103 cm³/mol. The monoisotopic (exact) mass is 391 g/mol. The van der Waals surface area contributed by atoms with E-state index in [0.29, 0.717) is 13.2 Å². The van der Waals surface area contributed by atoms with E-state index in [4.69, 9.17) is 34.0 Å². The highest BCUT2D eigenvalue weighted by Gasteiger charge is 2.06. The van der Waals surface area contributed by atoms with Gasteiger partial charge in [-0.3, -0.25) is 0 Å². The molecule has 0 heterocycles. The van der Waals surface area contributed by atoms with Gasteiger partial charge in [-0.2, -0.15) is 0 Å². The maximum Gasteiger partial charge on any atom is 0.414 e. The van der Waals surface area contributed by atoms with Crippen molar-refractivity contribution < 1.29 is 34.0 Å². The van der Waals surface area contributed by atoms with Crippen LogP contribution in [0.1, 0.15) is 11.1 Å². The van der Waals surface area contributed by atoms with E-state index < -0.39 is 11.9 Å². The van der Waals surface area contributed by atoms with Crippen molar-refractivity contribution in [2.24, 2.45) is 0 Å². The Morgan fingerprint density at radius 1 is 0.929 bits per heavy atom. The largest absolute Gasteiger partial charge is 0.493 e. The van der Waals surface area contributed by atoms with Crippen LogP contribution in [0.25, 0.3) is 0 Å². The summed E-state index contributed by atoms with van der Waals surface area (Å²) >= 11 is 0. The van der Waals surface area contributed by atoms with Gasteiger partial charge in [0.25, 0.3) is 0 Å². The molecule has 8 heteroatoms. The molecule has 28 heavy (non-hydrogen) atoms. The molecule has 0 aliphatic carbocycles. The summed E-state index contributed by atoms with van der Waals surface area (Å²) in [5, 5.41) is 18.1. The summed E-state index contributed by atoms with van der Waals surface area (Å²) in [6, 6.07) is 16.1. The molecule has 152 valence electrons. The van der Waals surface area contributed by atoms with Crippen LogP contribution in [-0.4, -0.2) is 49.5 Å². The van der Waals surface area contributed by atoms with Crippen molar-refractivity contribution in [1.82, 2.24) is 5.32 Å². The number of rotatable bonds is 9. The molecule has 0 aliphatic rings. The fraction of sp³-hybridized carbons (Fsp3) is 0.300. The smallest absolute Gasteiger partial charge is 0.414 e. The third-order valence-electron chi connectivity index (χ3n) is 3.46. The predicted octanol–water partition coefficient (Wildman–Crippen LogP) is 2.17. The first-order chi connectivity index (χ1) is 13.5. The second-order valence-corrected chi connectivity index (χ2v) is 5.54. The summed E-state index contributed by atoms with van der Waals surface area (Å²) in [6.45, 7) is 2.82. The second-order valence-electron chi connectivity index (χ2n) is 5.54. The first-order valence-corrected chi connectivity index (χ1v) is 8.47. The molecule has 0 atom stereocenters. The van der Waals surface area contributed by atoms with Crippen LogP contribution in [0.15, 0.2) is 48.5 Å². The van der Waals surface area contributed by atoms with Crippen LogP contribution in [0.3, 0.4) is 0 Å². The van der Waals surface area contributed by atoms with Gasteiger partial charge in [-0.1, -0.05) is 36.4 Å². The van der Waals surface area contributed by atoms with Crippen molar-refractivity contribution in [2.45, 2.75) is 13.2 Å². The minimum absolute atomic E-state index is 0.526. The quantitative estimate of drug-likeness (QED) is 0.440. The lowest BCUT2D eigenvalue weighted by atomic mass is 10.2. The summed E-state index contributed by atoms with van der Waals surface area (Å²) in [5.74, 6) is -2.14. The second kappa shape index (κ2) is 13.1. The molecule has 2 aromatic carbocycles. The molecule has 0 aliphatic heterocycles. The maximum atomic E-state index is 9.10. The summed E-state index contributed by atoms with van der Waals surface area (Å²) in [6.07, 6.45) is 0. The number of carbonyl (C=O) groups is 2. The van der Waals surface area contributed by atoms with Crippen molar-refractivity contribution in [1.29, 1.82) is 0 Å². The number of aliphatic carboxylic acids is 2. The zero-order valence-corrected chi connectivity index (χ0v) is 15.9. The van der Waals surface area contributed by atoms with Crippen LogP contribution in [0, 0.1) is 0 Å². The van der Waals surface area contributed by atoms with E-state index in [1.54, 1.807) is 14.2 Å². The Morgan fingerprint density at radius 2 is 1.61 bits per heavy atom. The number of nitrogens with one attached hydrogen (secondary N) is 1. The van der Waals surface area contributed by atoms with Gasteiger partial charge in [-0.25, -0.2) is 9.59 Å². The Labute approximate surface area is 163 Å². The Bertz CT molecular complexity index is 723. The first-order valence-electron chi connectivity index (χ1n) is 8.47. The molecule has 0 saturated carbocycles. The highest BCUT2D eigenvalue weighted by Crippen LogP contribution is 2.28. The van der Waals surface area contributed by atoms with E-state index in [9.17, 15) is 0 Å². The van der Waals surface area contributed by atoms with Gasteiger partial charge in [0.1, 0.15) is 6.61 Å². The van der Waals surface area contributed by atoms with Crippen LogP contribution >= 0.6 is 0 Å². The fourth-order valence-corrected chi connectivity index (χ4v) is 2.09. The Hall–Kier alpha value is -3.10. The minimum Gasteiger partial charge on any atom is -0.493 e. The standard InChI is InChI=1S/C18H23NO3.C2H2O4/c1-20-11-10-19-13-16-8-9-17(21-2)18(12-16)22-14-15-6-4-3-5-7-15;3-1(4)2(5)6/h3-9,12,19H,10-11,13-14H2,1-2H3;(H,3,4)(H,5,6). The van der Waals surface area contributed by atoms with Crippen LogP contribution < -0.4 is 14.8 Å². The molecule has 0 spiro atoms. The minimum atomic E-state index is -1.82. The van der Waals surface area contributed by atoms with E-state index in [1.165, 1.54) is 0 Å². The van der Waals surface area contributed by atoms with Crippen molar-refractivity contribution in [3.05, 3.63) is 59.7 Å². The Balaban J connectivity index is 0.000000568. The van der Waals surface area contributed by atoms with Crippen molar-refractivity contribution in [3.63, 3.8) is 0 Å². The average molecular weight is 391 g/mol. The number of carboxylic acids is 2. The summed E-state index contributed by atoms with van der Waals surface area (Å²) in [5.41, 5.74) is 2.29. The summed E-state index contributed by atoms with van der Waals surface area (Å²) in [4.78, 5) is 18.2. The van der Waals surface area contributed by atoms with E-state index in [2.05, 4.69) is 5.32 Å². The van der Waals surface area contributed by atoms with Crippen molar-refractivity contribution in [2.75, 3.05) is 27.4 Å². The summed E-state index contributed by atoms with van der Waals surface area (Å²) in [7, 11) is 3.35. The van der Waals surface area contributed by atoms with E-state index >= 15 is 0 Å². The van der Waals surface area contributed by atoms with Gasteiger partial charge < -0.3 is 29.7 Å². The molecule has 0 aromatic heterocycles. The summed E-state index contributed by atoms with van der Waals surface area (Å²) < 4.78 is 16.3. The molecule has 0 fully saturated rings. The molecule has 0 saturated heterocycles. The number of hydrogen-bond donors (Lipinski definition) is 3. The van der Waals surface area contributed by atoms with Gasteiger partial charge in [0.2, 0.25) is 0 Å². The van der Waals surface area contributed by atoms with E-state index in [0.717, 1.165) is 35.7 Å². The van der Waals surface area contributed by atoms with E-state index in [-0.39, 0.29) is 0 Å². The molecule has 8 nitrogen and oxygen atoms in total.